The quantitative estimate of drug-likeness (QED) is 0.826. The number of carbonyl (C=O) groups is 1. The van der Waals surface area contributed by atoms with Crippen LogP contribution in [0.1, 0.15) is 22.8 Å². The van der Waals surface area contributed by atoms with Crippen LogP contribution in [-0.2, 0) is 9.84 Å². The predicted octanol–water partition coefficient (Wildman–Crippen LogP) is 2.65. The van der Waals surface area contributed by atoms with Gasteiger partial charge < -0.3 is 5.11 Å². The fraction of sp³-hybridized carbons (Fsp3) is 0.278. The van der Waals surface area contributed by atoms with E-state index in [0.29, 0.717) is 5.56 Å². The largest absolute Gasteiger partial charge is 0.393 e. The van der Waals surface area contributed by atoms with Crippen LogP contribution in [0.15, 0.2) is 59.5 Å². The lowest BCUT2D eigenvalue weighted by Crippen LogP contribution is -2.33. The van der Waals surface area contributed by atoms with Crippen molar-refractivity contribution < 1.29 is 18.3 Å². The zero-order valence-corrected chi connectivity index (χ0v) is 14.0. The van der Waals surface area contributed by atoms with Crippen LogP contribution in [0.3, 0.4) is 0 Å². The topological polar surface area (TPSA) is 71.4 Å². The van der Waals surface area contributed by atoms with Crippen LogP contribution in [0, 0.1) is 12.8 Å². The van der Waals surface area contributed by atoms with E-state index in [1.165, 1.54) is 19.1 Å². The van der Waals surface area contributed by atoms with E-state index in [2.05, 4.69) is 0 Å². The maximum absolute atomic E-state index is 12.5. The lowest BCUT2D eigenvalue weighted by molar-refractivity contribution is 0.0763. The molecule has 0 saturated heterocycles. The van der Waals surface area contributed by atoms with Crippen molar-refractivity contribution in [1.29, 1.82) is 0 Å². The van der Waals surface area contributed by atoms with E-state index in [1.54, 1.807) is 42.5 Å². The summed E-state index contributed by atoms with van der Waals surface area (Å²) in [6.45, 7) is 3.31. The van der Waals surface area contributed by atoms with E-state index in [-0.39, 0.29) is 10.7 Å². The van der Waals surface area contributed by atoms with Crippen molar-refractivity contribution >= 4 is 15.6 Å². The summed E-state index contributed by atoms with van der Waals surface area (Å²) >= 11 is 0. The molecule has 4 nitrogen and oxygen atoms in total. The number of sulfone groups is 1. The van der Waals surface area contributed by atoms with Gasteiger partial charge in [0, 0.05) is 5.56 Å². The second-order valence-electron chi connectivity index (χ2n) is 5.67. The lowest BCUT2D eigenvalue weighted by Gasteiger charge is -2.19. The first-order valence-electron chi connectivity index (χ1n) is 7.38. The number of aryl methyl sites for hydroxylation is 1. The van der Waals surface area contributed by atoms with Gasteiger partial charge in [-0.2, -0.15) is 0 Å². The molecule has 0 amide bonds. The fourth-order valence-electron chi connectivity index (χ4n) is 2.33. The molecule has 2 rings (SSSR count). The summed E-state index contributed by atoms with van der Waals surface area (Å²) in [4.78, 5) is 12.7. The van der Waals surface area contributed by atoms with Crippen molar-refractivity contribution in [2.75, 3.05) is 5.75 Å². The van der Waals surface area contributed by atoms with Gasteiger partial charge in [0.25, 0.3) is 0 Å². The predicted molar refractivity (Wildman–Crippen MR) is 89.2 cm³/mol. The van der Waals surface area contributed by atoms with Gasteiger partial charge in [-0.1, -0.05) is 48.0 Å². The number of Topliss-reactive ketones (excluding diaryl/α,β-unsaturated/α-hetero) is 1. The average molecular weight is 332 g/mol. The molecule has 0 saturated carbocycles. The Morgan fingerprint density at radius 3 is 2.13 bits per heavy atom. The molecule has 2 aromatic rings. The third kappa shape index (κ3) is 4.27. The van der Waals surface area contributed by atoms with Crippen LogP contribution in [0.4, 0.5) is 0 Å². The molecule has 23 heavy (non-hydrogen) atoms. The van der Waals surface area contributed by atoms with Crippen LogP contribution >= 0.6 is 0 Å². The van der Waals surface area contributed by atoms with Gasteiger partial charge in [0.2, 0.25) is 0 Å². The van der Waals surface area contributed by atoms with Crippen molar-refractivity contribution in [3.05, 3.63) is 65.7 Å². The number of aliphatic hydroxyl groups excluding tert-OH is 1. The van der Waals surface area contributed by atoms with Gasteiger partial charge in [0.05, 0.1) is 22.7 Å². The third-order valence-electron chi connectivity index (χ3n) is 3.76. The highest BCUT2D eigenvalue weighted by Crippen LogP contribution is 2.20. The van der Waals surface area contributed by atoms with Crippen LogP contribution in [0.5, 0.6) is 0 Å². The van der Waals surface area contributed by atoms with Crippen molar-refractivity contribution in [3.8, 4) is 0 Å². The summed E-state index contributed by atoms with van der Waals surface area (Å²) in [5, 5.41) is 9.91. The molecule has 0 aromatic heterocycles. The SMILES string of the molecule is Cc1ccc(S(=O)(=O)C[C@H](C(=O)c2ccccc2)[C@@H](C)O)cc1. The highest BCUT2D eigenvalue weighted by molar-refractivity contribution is 7.91. The Balaban J connectivity index is 2.29. The molecule has 1 N–H and O–H groups in total. The summed E-state index contributed by atoms with van der Waals surface area (Å²) in [6, 6.07) is 14.9. The molecule has 0 radical (unpaired) electrons. The van der Waals surface area contributed by atoms with Gasteiger partial charge in [-0.15, -0.1) is 0 Å². The second-order valence-corrected chi connectivity index (χ2v) is 7.71. The molecule has 122 valence electrons. The van der Waals surface area contributed by atoms with Gasteiger partial charge in [-0.05, 0) is 26.0 Å². The molecule has 0 spiro atoms. The first-order chi connectivity index (χ1) is 10.8. The van der Waals surface area contributed by atoms with Gasteiger partial charge in [0.1, 0.15) is 0 Å². The maximum atomic E-state index is 12.5. The van der Waals surface area contributed by atoms with E-state index in [1.807, 2.05) is 6.92 Å². The first kappa shape index (κ1) is 17.4. The van der Waals surface area contributed by atoms with Gasteiger partial charge >= 0.3 is 0 Å². The number of ketones is 1. The van der Waals surface area contributed by atoms with Crippen molar-refractivity contribution in [1.82, 2.24) is 0 Å². The van der Waals surface area contributed by atoms with E-state index < -0.39 is 27.6 Å². The Labute approximate surface area is 136 Å². The molecular weight excluding hydrogens is 312 g/mol. The van der Waals surface area contributed by atoms with Gasteiger partial charge in [-0.25, -0.2) is 8.42 Å². The Kier molecular flexibility index (Phi) is 5.34. The smallest absolute Gasteiger partial charge is 0.179 e. The zero-order chi connectivity index (χ0) is 17.0. The molecule has 0 bridgehead atoms. The summed E-state index contributed by atoms with van der Waals surface area (Å²) < 4.78 is 25.1. The minimum atomic E-state index is -3.66. The molecule has 0 heterocycles. The number of rotatable bonds is 6. The number of benzene rings is 2. The number of aliphatic hydroxyl groups is 1. The standard InChI is InChI=1S/C18H20O4S/c1-13-8-10-16(11-9-13)23(21,22)12-17(14(2)19)18(20)15-6-4-3-5-7-15/h3-11,14,17,19H,12H2,1-2H3/t14-,17+/m1/s1. The maximum Gasteiger partial charge on any atom is 0.179 e. The average Bonchev–Trinajstić information content (AvgIpc) is 2.53. The molecule has 0 fully saturated rings. The van der Waals surface area contributed by atoms with E-state index in [4.69, 9.17) is 0 Å². The van der Waals surface area contributed by atoms with Crippen LogP contribution in [-0.4, -0.2) is 31.2 Å². The molecule has 0 aliphatic heterocycles. The van der Waals surface area contributed by atoms with Crippen LogP contribution in [0.25, 0.3) is 0 Å². The third-order valence-corrected chi connectivity index (χ3v) is 5.54. The Hall–Kier alpha value is -1.98. The van der Waals surface area contributed by atoms with Crippen molar-refractivity contribution in [2.45, 2.75) is 24.8 Å². The molecule has 2 atom stereocenters. The summed E-state index contributed by atoms with van der Waals surface area (Å²) in [7, 11) is -3.66. The number of hydrogen-bond acceptors (Lipinski definition) is 4. The number of carbonyl (C=O) groups excluding carboxylic acids is 1. The van der Waals surface area contributed by atoms with Crippen molar-refractivity contribution in [2.24, 2.45) is 5.92 Å². The molecular formula is C18H20O4S. The van der Waals surface area contributed by atoms with Crippen LogP contribution < -0.4 is 0 Å². The monoisotopic (exact) mass is 332 g/mol. The summed E-state index contributed by atoms with van der Waals surface area (Å²) in [5.74, 6) is -1.78. The van der Waals surface area contributed by atoms with E-state index in [0.717, 1.165) is 5.56 Å². The fourth-order valence-corrected chi connectivity index (χ4v) is 3.97. The minimum Gasteiger partial charge on any atom is -0.393 e. The zero-order valence-electron chi connectivity index (χ0n) is 13.1. The Bertz CT molecular complexity index is 762. The highest BCUT2D eigenvalue weighted by Gasteiger charge is 2.31. The summed E-state index contributed by atoms with van der Waals surface area (Å²) in [6.07, 6.45) is -1.05. The van der Waals surface area contributed by atoms with Gasteiger partial charge in [-0.3, -0.25) is 4.79 Å². The molecule has 0 aliphatic carbocycles. The molecule has 0 aliphatic rings. The lowest BCUT2D eigenvalue weighted by atomic mass is 9.95. The van der Waals surface area contributed by atoms with Crippen molar-refractivity contribution in [3.63, 3.8) is 0 Å². The Morgan fingerprint density at radius 1 is 1.04 bits per heavy atom. The first-order valence-corrected chi connectivity index (χ1v) is 9.03. The van der Waals surface area contributed by atoms with E-state index >= 15 is 0 Å². The normalized spacial score (nSPS) is 14.2. The highest BCUT2D eigenvalue weighted by atomic mass is 32.2. The Morgan fingerprint density at radius 2 is 1.61 bits per heavy atom. The van der Waals surface area contributed by atoms with Gasteiger partial charge in [0.15, 0.2) is 15.6 Å². The minimum absolute atomic E-state index is 0.162. The number of hydrogen-bond donors (Lipinski definition) is 1. The molecule has 0 unspecified atom stereocenters. The van der Waals surface area contributed by atoms with E-state index in [9.17, 15) is 18.3 Å². The summed E-state index contributed by atoms with van der Waals surface area (Å²) in [5.41, 5.74) is 1.36. The molecule has 5 heteroatoms. The second kappa shape index (κ2) is 7.06. The van der Waals surface area contributed by atoms with Crippen LogP contribution in [0.2, 0.25) is 0 Å². The molecule has 2 aromatic carbocycles.